The molecule has 1 saturated heterocycles. The Morgan fingerprint density at radius 2 is 2.38 bits per heavy atom. The number of hydrogen-bond acceptors (Lipinski definition) is 2. The molecule has 0 aromatic carbocycles. The van der Waals surface area contributed by atoms with Crippen LogP contribution in [0.4, 0.5) is 0 Å². The SMILES string of the molecule is CO[C@H]1CC[N]C1c1ccc(C)s1. The largest absolute Gasteiger partial charge is 0.379 e. The van der Waals surface area contributed by atoms with Gasteiger partial charge in [0, 0.05) is 23.4 Å². The van der Waals surface area contributed by atoms with Crippen molar-refractivity contribution >= 4 is 11.3 Å². The fourth-order valence-electron chi connectivity index (χ4n) is 1.75. The summed E-state index contributed by atoms with van der Waals surface area (Å²) < 4.78 is 5.40. The van der Waals surface area contributed by atoms with Gasteiger partial charge in [-0.1, -0.05) is 0 Å². The van der Waals surface area contributed by atoms with Gasteiger partial charge < -0.3 is 4.74 Å². The molecule has 3 heteroatoms. The molecule has 0 amide bonds. The predicted molar refractivity (Wildman–Crippen MR) is 54.2 cm³/mol. The summed E-state index contributed by atoms with van der Waals surface area (Å²) in [6, 6.07) is 4.62. The van der Waals surface area contributed by atoms with Gasteiger partial charge in [0.1, 0.15) is 0 Å². The third-order valence-electron chi connectivity index (χ3n) is 2.45. The van der Waals surface area contributed by atoms with Crippen molar-refractivity contribution in [3.8, 4) is 0 Å². The third-order valence-corrected chi connectivity index (χ3v) is 3.52. The lowest BCUT2D eigenvalue weighted by molar-refractivity contribution is 0.0924. The van der Waals surface area contributed by atoms with E-state index in [1.54, 1.807) is 7.11 Å². The Morgan fingerprint density at radius 3 is 3.00 bits per heavy atom. The van der Waals surface area contributed by atoms with Crippen LogP contribution in [0, 0.1) is 6.92 Å². The summed E-state index contributed by atoms with van der Waals surface area (Å²) in [7, 11) is 1.78. The van der Waals surface area contributed by atoms with Crippen LogP contribution in [0.2, 0.25) is 0 Å². The first-order chi connectivity index (χ1) is 6.31. The van der Waals surface area contributed by atoms with E-state index in [0.29, 0.717) is 12.1 Å². The molecule has 0 bridgehead atoms. The molecule has 1 aromatic heterocycles. The first-order valence-electron chi connectivity index (χ1n) is 4.57. The van der Waals surface area contributed by atoms with Crippen molar-refractivity contribution in [2.75, 3.05) is 13.7 Å². The normalized spacial score (nSPS) is 28.2. The number of nitrogens with zero attached hydrogens (tertiary/aromatic N) is 1. The van der Waals surface area contributed by atoms with E-state index in [9.17, 15) is 0 Å². The van der Waals surface area contributed by atoms with Crippen LogP contribution in [-0.2, 0) is 4.74 Å². The van der Waals surface area contributed by atoms with Crippen LogP contribution in [-0.4, -0.2) is 19.8 Å². The zero-order valence-electron chi connectivity index (χ0n) is 7.99. The summed E-state index contributed by atoms with van der Waals surface area (Å²) >= 11 is 1.83. The van der Waals surface area contributed by atoms with Crippen LogP contribution in [0.15, 0.2) is 12.1 Å². The molecule has 1 radical (unpaired) electrons. The van der Waals surface area contributed by atoms with Crippen molar-refractivity contribution in [1.82, 2.24) is 5.32 Å². The molecule has 2 rings (SSSR count). The number of methoxy groups -OCH3 is 1. The van der Waals surface area contributed by atoms with Gasteiger partial charge in [-0.15, -0.1) is 11.3 Å². The van der Waals surface area contributed by atoms with Gasteiger partial charge in [0.25, 0.3) is 0 Å². The molecule has 2 atom stereocenters. The summed E-state index contributed by atoms with van der Waals surface area (Å²) in [6.45, 7) is 3.07. The molecular weight excluding hydrogens is 182 g/mol. The smallest absolute Gasteiger partial charge is 0.0850 e. The standard InChI is InChI=1S/C10H14NOS/c1-7-3-4-9(13-7)10-8(12-2)5-6-11-10/h3-4,8,10H,5-6H2,1-2H3/t8-,10?/m0/s1. The van der Waals surface area contributed by atoms with Gasteiger partial charge in [-0.25, -0.2) is 5.32 Å². The maximum Gasteiger partial charge on any atom is 0.0850 e. The lowest BCUT2D eigenvalue weighted by Gasteiger charge is -2.14. The molecule has 1 aliphatic rings. The zero-order valence-corrected chi connectivity index (χ0v) is 8.80. The second-order valence-corrected chi connectivity index (χ2v) is 4.68. The lowest BCUT2D eigenvalue weighted by Crippen LogP contribution is -2.17. The van der Waals surface area contributed by atoms with E-state index in [2.05, 4.69) is 24.4 Å². The van der Waals surface area contributed by atoms with E-state index in [4.69, 9.17) is 4.74 Å². The highest BCUT2D eigenvalue weighted by Crippen LogP contribution is 2.31. The van der Waals surface area contributed by atoms with Crippen LogP contribution in [0.5, 0.6) is 0 Å². The first kappa shape index (κ1) is 9.19. The van der Waals surface area contributed by atoms with Crippen molar-refractivity contribution in [2.45, 2.75) is 25.5 Å². The minimum atomic E-state index is 0.295. The Morgan fingerprint density at radius 1 is 1.54 bits per heavy atom. The van der Waals surface area contributed by atoms with Gasteiger partial charge in [0.15, 0.2) is 0 Å². The highest BCUT2D eigenvalue weighted by atomic mass is 32.1. The first-order valence-corrected chi connectivity index (χ1v) is 5.38. The fourth-order valence-corrected chi connectivity index (χ4v) is 2.74. The van der Waals surface area contributed by atoms with Crippen LogP contribution in [0.25, 0.3) is 0 Å². The Hall–Kier alpha value is -0.380. The molecule has 71 valence electrons. The maximum absolute atomic E-state index is 5.40. The van der Waals surface area contributed by atoms with Gasteiger partial charge >= 0.3 is 0 Å². The molecule has 1 unspecified atom stereocenters. The molecule has 1 aliphatic heterocycles. The van der Waals surface area contributed by atoms with E-state index < -0.39 is 0 Å². The molecule has 0 aliphatic carbocycles. The van der Waals surface area contributed by atoms with Crippen molar-refractivity contribution in [1.29, 1.82) is 0 Å². The number of aryl methyl sites for hydroxylation is 1. The van der Waals surface area contributed by atoms with Gasteiger partial charge in [-0.3, -0.25) is 0 Å². The lowest BCUT2D eigenvalue weighted by atomic mass is 10.1. The number of hydrogen-bond donors (Lipinski definition) is 0. The van der Waals surface area contributed by atoms with Crippen LogP contribution in [0.3, 0.4) is 0 Å². The van der Waals surface area contributed by atoms with Crippen molar-refractivity contribution in [3.05, 3.63) is 21.9 Å². The highest BCUT2D eigenvalue weighted by molar-refractivity contribution is 7.12. The van der Waals surface area contributed by atoms with Crippen molar-refractivity contribution in [3.63, 3.8) is 0 Å². The summed E-state index contributed by atoms with van der Waals surface area (Å²) in [6.07, 6.45) is 1.37. The average Bonchev–Trinajstić information content (AvgIpc) is 2.71. The molecule has 13 heavy (non-hydrogen) atoms. The minimum absolute atomic E-state index is 0.295. The van der Waals surface area contributed by atoms with Gasteiger partial charge in [-0.2, -0.15) is 0 Å². The highest BCUT2D eigenvalue weighted by Gasteiger charge is 2.30. The Kier molecular flexibility index (Phi) is 2.67. The number of rotatable bonds is 2. The van der Waals surface area contributed by atoms with E-state index in [0.717, 1.165) is 13.0 Å². The van der Waals surface area contributed by atoms with Crippen LogP contribution in [0.1, 0.15) is 22.2 Å². The average molecular weight is 196 g/mol. The summed E-state index contributed by atoms with van der Waals surface area (Å²) in [5.74, 6) is 0. The minimum Gasteiger partial charge on any atom is -0.379 e. The van der Waals surface area contributed by atoms with E-state index >= 15 is 0 Å². The monoisotopic (exact) mass is 196 g/mol. The molecular formula is C10H14NOS. The van der Waals surface area contributed by atoms with E-state index in [1.807, 2.05) is 11.3 Å². The maximum atomic E-state index is 5.40. The number of thiophene rings is 1. The molecule has 2 heterocycles. The topological polar surface area (TPSA) is 23.3 Å². The number of ether oxygens (including phenoxy) is 1. The Bertz CT molecular complexity index is 284. The summed E-state index contributed by atoms with van der Waals surface area (Å²) in [4.78, 5) is 2.70. The Balaban J connectivity index is 2.15. The van der Waals surface area contributed by atoms with Crippen molar-refractivity contribution < 1.29 is 4.74 Å². The second-order valence-electron chi connectivity index (χ2n) is 3.36. The Labute approximate surface area is 82.9 Å². The molecule has 1 aromatic rings. The van der Waals surface area contributed by atoms with Crippen LogP contribution < -0.4 is 5.32 Å². The summed E-state index contributed by atoms with van der Waals surface area (Å²) in [5, 5.41) is 4.56. The van der Waals surface area contributed by atoms with Crippen molar-refractivity contribution in [2.24, 2.45) is 0 Å². The fraction of sp³-hybridized carbons (Fsp3) is 0.600. The van der Waals surface area contributed by atoms with Gasteiger partial charge in [0.2, 0.25) is 0 Å². The summed E-state index contributed by atoms with van der Waals surface area (Å²) in [5.41, 5.74) is 0. The second kappa shape index (κ2) is 3.78. The quantitative estimate of drug-likeness (QED) is 0.710. The predicted octanol–water partition coefficient (Wildman–Crippen LogP) is 2.12. The van der Waals surface area contributed by atoms with Gasteiger partial charge in [-0.05, 0) is 25.5 Å². The van der Waals surface area contributed by atoms with E-state index in [1.165, 1.54) is 9.75 Å². The molecule has 0 N–H and O–H groups in total. The molecule has 0 saturated carbocycles. The van der Waals surface area contributed by atoms with Crippen LogP contribution >= 0.6 is 11.3 Å². The third kappa shape index (κ3) is 1.77. The molecule has 1 fully saturated rings. The molecule has 0 spiro atoms. The van der Waals surface area contributed by atoms with E-state index in [-0.39, 0.29) is 0 Å². The zero-order chi connectivity index (χ0) is 9.26. The van der Waals surface area contributed by atoms with Gasteiger partial charge in [0.05, 0.1) is 12.1 Å². The molecule has 2 nitrogen and oxygen atoms in total.